The molecule has 2 heterocycles. The third kappa shape index (κ3) is 2.36. The van der Waals surface area contributed by atoms with Gasteiger partial charge in [0.15, 0.2) is 0 Å². The lowest BCUT2D eigenvalue weighted by molar-refractivity contribution is -0.384. The summed E-state index contributed by atoms with van der Waals surface area (Å²) in [4.78, 5) is 14.3. The molecule has 0 saturated carbocycles. The molecule has 0 aliphatic rings. The molecule has 0 fully saturated rings. The maximum Gasteiger partial charge on any atom is 0.321 e. The molecule has 17 heavy (non-hydrogen) atoms. The summed E-state index contributed by atoms with van der Waals surface area (Å²) in [6, 6.07) is 3.00. The standard InChI is InChI=1S/C9H9N5O3/c1-5-3-4-7(14(15)16)8(10-5)11-9-13-12-6(2)17-9/h3-4H,1-2H3,(H,10,11,13). The number of aromatic nitrogens is 3. The molecular weight excluding hydrogens is 226 g/mol. The van der Waals surface area contributed by atoms with E-state index in [4.69, 9.17) is 4.42 Å². The van der Waals surface area contributed by atoms with Crippen molar-refractivity contribution >= 4 is 17.5 Å². The van der Waals surface area contributed by atoms with Crippen LogP contribution >= 0.6 is 0 Å². The topological polar surface area (TPSA) is 107 Å². The molecule has 2 rings (SSSR count). The van der Waals surface area contributed by atoms with Crippen LogP contribution in [0.5, 0.6) is 0 Å². The minimum Gasteiger partial charge on any atom is -0.408 e. The lowest BCUT2D eigenvalue weighted by Crippen LogP contribution is -2.00. The second-order valence-corrected chi connectivity index (χ2v) is 3.33. The first-order chi connectivity index (χ1) is 8.06. The first-order valence-electron chi connectivity index (χ1n) is 4.75. The minimum atomic E-state index is -0.530. The molecule has 8 heteroatoms. The van der Waals surface area contributed by atoms with Crippen LogP contribution in [0.25, 0.3) is 0 Å². The van der Waals surface area contributed by atoms with Gasteiger partial charge in [-0.05, 0) is 13.0 Å². The number of nitrogens with one attached hydrogen (secondary N) is 1. The van der Waals surface area contributed by atoms with E-state index in [0.29, 0.717) is 11.6 Å². The van der Waals surface area contributed by atoms with Crippen LogP contribution in [-0.4, -0.2) is 20.1 Å². The predicted octanol–water partition coefficient (Wildman–Crippen LogP) is 1.73. The lowest BCUT2D eigenvalue weighted by atomic mass is 10.3. The number of aryl methyl sites for hydroxylation is 2. The number of pyridine rings is 1. The van der Waals surface area contributed by atoms with Crippen molar-refractivity contribution in [3.05, 3.63) is 33.8 Å². The SMILES string of the molecule is Cc1ccc([N+](=O)[O-])c(Nc2nnc(C)o2)n1. The van der Waals surface area contributed by atoms with Gasteiger partial charge in [-0.25, -0.2) is 4.98 Å². The fourth-order valence-electron chi connectivity index (χ4n) is 1.24. The van der Waals surface area contributed by atoms with Crippen LogP contribution in [0.3, 0.4) is 0 Å². The maximum atomic E-state index is 10.8. The van der Waals surface area contributed by atoms with Crippen LogP contribution in [0, 0.1) is 24.0 Å². The summed E-state index contributed by atoms with van der Waals surface area (Å²) < 4.78 is 5.07. The molecule has 0 saturated heterocycles. The molecule has 2 aromatic heterocycles. The van der Waals surface area contributed by atoms with Crippen LogP contribution in [0.1, 0.15) is 11.6 Å². The number of nitrogens with zero attached hydrogens (tertiary/aromatic N) is 4. The largest absolute Gasteiger partial charge is 0.408 e. The second kappa shape index (κ2) is 4.16. The van der Waals surface area contributed by atoms with E-state index in [0.717, 1.165) is 0 Å². The summed E-state index contributed by atoms with van der Waals surface area (Å²) in [7, 11) is 0. The van der Waals surface area contributed by atoms with Crippen LogP contribution in [0.15, 0.2) is 16.5 Å². The van der Waals surface area contributed by atoms with Gasteiger partial charge in [0, 0.05) is 18.7 Å². The van der Waals surface area contributed by atoms with E-state index in [-0.39, 0.29) is 17.5 Å². The van der Waals surface area contributed by atoms with Crippen molar-refractivity contribution < 1.29 is 9.34 Å². The van der Waals surface area contributed by atoms with Gasteiger partial charge in [-0.15, -0.1) is 5.10 Å². The smallest absolute Gasteiger partial charge is 0.321 e. The fraction of sp³-hybridized carbons (Fsp3) is 0.222. The summed E-state index contributed by atoms with van der Waals surface area (Å²) in [5, 5.41) is 20.7. The first kappa shape index (κ1) is 11.0. The zero-order valence-corrected chi connectivity index (χ0v) is 9.17. The summed E-state index contributed by atoms with van der Waals surface area (Å²) in [6.07, 6.45) is 0. The molecule has 0 radical (unpaired) electrons. The number of anilines is 2. The monoisotopic (exact) mass is 235 g/mol. The molecule has 0 aliphatic heterocycles. The Hall–Kier alpha value is -2.51. The van der Waals surface area contributed by atoms with Crippen molar-refractivity contribution in [2.45, 2.75) is 13.8 Å². The molecule has 0 unspecified atom stereocenters. The van der Waals surface area contributed by atoms with Gasteiger partial charge in [-0.1, -0.05) is 5.10 Å². The molecule has 8 nitrogen and oxygen atoms in total. The molecule has 0 amide bonds. The van der Waals surface area contributed by atoms with Crippen LogP contribution < -0.4 is 5.32 Å². The highest BCUT2D eigenvalue weighted by atomic mass is 16.6. The van der Waals surface area contributed by atoms with Gasteiger partial charge in [-0.3, -0.25) is 15.4 Å². The van der Waals surface area contributed by atoms with E-state index < -0.39 is 4.92 Å². The summed E-state index contributed by atoms with van der Waals surface area (Å²) >= 11 is 0. The molecule has 0 bridgehead atoms. The Morgan fingerprint density at radius 2 is 2.12 bits per heavy atom. The van der Waals surface area contributed by atoms with Gasteiger partial charge < -0.3 is 4.42 Å². The number of hydrogen-bond donors (Lipinski definition) is 1. The zero-order valence-electron chi connectivity index (χ0n) is 9.17. The Kier molecular flexibility index (Phi) is 2.69. The Labute approximate surface area is 95.8 Å². The van der Waals surface area contributed by atoms with E-state index in [1.165, 1.54) is 6.07 Å². The van der Waals surface area contributed by atoms with Gasteiger partial charge in [0.2, 0.25) is 11.7 Å². The van der Waals surface area contributed by atoms with Crippen molar-refractivity contribution in [2.75, 3.05) is 5.32 Å². The molecule has 0 spiro atoms. The van der Waals surface area contributed by atoms with Gasteiger partial charge >= 0.3 is 11.7 Å². The number of nitro groups is 1. The number of hydrogen-bond acceptors (Lipinski definition) is 7. The van der Waals surface area contributed by atoms with Gasteiger partial charge in [-0.2, -0.15) is 0 Å². The highest BCUT2D eigenvalue weighted by Gasteiger charge is 2.17. The van der Waals surface area contributed by atoms with E-state index in [9.17, 15) is 10.1 Å². The highest BCUT2D eigenvalue weighted by Crippen LogP contribution is 2.24. The molecule has 0 aromatic carbocycles. The summed E-state index contributed by atoms with van der Waals surface area (Å²) in [5.74, 6) is 0.446. The van der Waals surface area contributed by atoms with Gasteiger partial charge in [0.25, 0.3) is 0 Å². The Morgan fingerprint density at radius 3 is 2.71 bits per heavy atom. The van der Waals surface area contributed by atoms with Crippen molar-refractivity contribution in [3.63, 3.8) is 0 Å². The third-order valence-corrected chi connectivity index (χ3v) is 1.96. The average molecular weight is 235 g/mol. The molecule has 88 valence electrons. The second-order valence-electron chi connectivity index (χ2n) is 3.33. The third-order valence-electron chi connectivity index (χ3n) is 1.96. The normalized spacial score (nSPS) is 10.2. The van der Waals surface area contributed by atoms with Crippen LogP contribution in [0.4, 0.5) is 17.5 Å². The average Bonchev–Trinajstić information content (AvgIpc) is 2.63. The van der Waals surface area contributed by atoms with E-state index in [1.807, 2.05) is 0 Å². The highest BCUT2D eigenvalue weighted by molar-refractivity contribution is 5.60. The minimum absolute atomic E-state index is 0.0729. The Bertz CT molecular complexity index is 566. The van der Waals surface area contributed by atoms with Crippen molar-refractivity contribution in [1.29, 1.82) is 0 Å². The molecular formula is C9H9N5O3. The van der Waals surface area contributed by atoms with Crippen LogP contribution in [-0.2, 0) is 0 Å². The van der Waals surface area contributed by atoms with E-state index in [2.05, 4.69) is 20.5 Å². The van der Waals surface area contributed by atoms with E-state index >= 15 is 0 Å². The maximum absolute atomic E-state index is 10.8. The quantitative estimate of drug-likeness (QED) is 0.637. The predicted molar refractivity (Wildman–Crippen MR) is 57.9 cm³/mol. The molecule has 0 aliphatic carbocycles. The lowest BCUT2D eigenvalue weighted by Gasteiger charge is -2.02. The van der Waals surface area contributed by atoms with Gasteiger partial charge in [0.05, 0.1) is 4.92 Å². The Morgan fingerprint density at radius 1 is 1.35 bits per heavy atom. The van der Waals surface area contributed by atoms with Crippen molar-refractivity contribution in [1.82, 2.24) is 15.2 Å². The Balaban J connectivity index is 2.37. The van der Waals surface area contributed by atoms with Gasteiger partial charge in [0.1, 0.15) is 0 Å². The van der Waals surface area contributed by atoms with Crippen LogP contribution in [0.2, 0.25) is 0 Å². The summed E-state index contributed by atoms with van der Waals surface area (Å²) in [5.41, 5.74) is 0.501. The van der Waals surface area contributed by atoms with Crippen molar-refractivity contribution in [2.24, 2.45) is 0 Å². The van der Waals surface area contributed by atoms with E-state index in [1.54, 1.807) is 19.9 Å². The fourth-order valence-corrected chi connectivity index (χ4v) is 1.24. The number of rotatable bonds is 3. The molecule has 0 atom stereocenters. The summed E-state index contributed by atoms with van der Waals surface area (Å²) in [6.45, 7) is 3.35. The molecule has 1 N–H and O–H groups in total. The molecule has 2 aromatic rings. The van der Waals surface area contributed by atoms with Crippen molar-refractivity contribution in [3.8, 4) is 0 Å². The zero-order chi connectivity index (χ0) is 12.4. The first-order valence-corrected chi connectivity index (χ1v) is 4.75.